The zero-order valence-corrected chi connectivity index (χ0v) is 17.7. The van der Waals surface area contributed by atoms with Crippen LogP contribution < -0.4 is 10.2 Å². The van der Waals surface area contributed by atoms with Crippen LogP contribution in [0.3, 0.4) is 0 Å². The lowest BCUT2D eigenvalue weighted by Gasteiger charge is -2.31. The van der Waals surface area contributed by atoms with E-state index in [4.69, 9.17) is 4.74 Å². The second-order valence-corrected chi connectivity index (χ2v) is 7.98. The van der Waals surface area contributed by atoms with E-state index in [1.165, 1.54) is 0 Å². The quantitative estimate of drug-likeness (QED) is 0.755. The first kappa shape index (κ1) is 21.1. The monoisotopic (exact) mass is 419 g/mol. The van der Waals surface area contributed by atoms with E-state index in [-0.39, 0.29) is 17.7 Å². The number of carbonyl (C=O) groups excluding carboxylic acids is 2. The molecule has 2 fully saturated rings. The first-order valence-corrected chi connectivity index (χ1v) is 10.9. The molecular formula is C25H29N3O3. The number of carbonyl (C=O) groups is 2. The minimum Gasteiger partial charge on any atom is -0.378 e. The van der Waals surface area contributed by atoms with Gasteiger partial charge in [0.25, 0.3) is 0 Å². The summed E-state index contributed by atoms with van der Waals surface area (Å²) in [5.41, 5.74) is 2.93. The first-order chi connectivity index (χ1) is 15.2. The van der Waals surface area contributed by atoms with E-state index in [0.29, 0.717) is 25.9 Å². The van der Waals surface area contributed by atoms with Crippen molar-refractivity contribution in [2.45, 2.75) is 12.8 Å². The number of likely N-dealkylation sites (tertiary alicyclic amines) is 1. The number of rotatable bonds is 5. The maximum absolute atomic E-state index is 12.8. The summed E-state index contributed by atoms with van der Waals surface area (Å²) in [6.45, 7) is 4.39. The van der Waals surface area contributed by atoms with Crippen molar-refractivity contribution >= 4 is 29.3 Å². The Hall–Kier alpha value is -3.12. The van der Waals surface area contributed by atoms with E-state index in [1.54, 1.807) is 6.08 Å². The van der Waals surface area contributed by atoms with Gasteiger partial charge in [-0.05, 0) is 42.7 Å². The van der Waals surface area contributed by atoms with E-state index in [9.17, 15) is 9.59 Å². The zero-order chi connectivity index (χ0) is 21.5. The van der Waals surface area contributed by atoms with E-state index < -0.39 is 0 Å². The number of nitrogens with one attached hydrogen (secondary N) is 1. The molecule has 0 unspecified atom stereocenters. The maximum Gasteiger partial charge on any atom is 0.246 e. The van der Waals surface area contributed by atoms with Crippen molar-refractivity contribution in [2.24, 2.45) is 5.92 Å². The molecule has 0 aromatic heterocycles. The van der Waals surface area contributed by atoms with Crippen LogP contribution in [0.15, 0.2) is 60.7 Å². The third-order valence-electron chi connectivity index (χ3n) is 5.89. The van der Waals surface area contributed by atoms with E-state index in [0.717, 1.165) is 43.2 Å². The number of amides is 2. The summed E-state index contributed by atoms with van der Waals surface area (Å²) >= 11 is 0. The minimum absolute atomic E-state index is 0.000855. The number of nitrogens with zero attached hydrogens (tertiary/aromatic N) is 2. The fourth-order valence-corrected chi connectivity index (χ4v) is 4.05. The molecule has 31 heavy (non-hydrogen) atoms. The van der Waals surface area contributed by atoms with Crippen LogP contribution in [0, 0.1) is 5.92 Å². The van der Waals surface area contributed by atoms with Gasteiger partial charge in [0.2, 0.25) is 11.8 Å². The number of morpholine rings is 1. The number of anilines is 2. The van der Waals surface area contributed by atoms with Crippen molar-refractivity contribution < 1.29 is 14.3 Å². The summed E-state index contributed by atoms with van der Waals surface area (Å²) in [4.78, 5) is 29.3. The van der Waals surface area contributed by atoms with Crippen molar-refractivity contribution in [1.82, 2.24) is 4.90 Å². The van der Waals surface area contributed by atoms with Crippen LogP contribution in [0.5, 0.6) is 0 Å². The van der Waals surface area contributed by atoms with Crippen LogP contribution in [-0.2, 0) is 14.3 Å². The van der Waals surface area contributed by atoms with Crippen molar-refractivity contribution in [2.75, 3.05) is 49.6 Å². The van der Waals surface area contributed by atoms with Crippen LogP contribution in [-0.4, -0.2) is 56.1 Å². The third kappa shape index (κ3) is 5.73. The second kappa shape index (κ2) is 10.3. The van der Waals surface area contributed by atoms with Crippen LogP contribution >= 0.6 is 0 Å². The number of benzene rings is 2. The highest BCUT2D eigenvalue weighted by Gasteiger charge is 2.26. The molecule has 0 aliphatic carbocycles. The number of hydrogen-bond donors (Lipinski definition) is 1. The maximum atomic E-state index is 12.8. The van der Waals surface area contributed by atoms with Crippen LogP contribution in [0.25, 0.3) is 6.08 Å². The molecule has 2 amide bonds. The summed E-state index contributed by atoms with van der Waals surface area (Å²) in [6.07, 6.45) is 4.81. The molecule has 162 valence electrons. The van der Waals surface area contributed by atoms with Gasteiger partial charge in [-0.2, -0.15) is 0 Å². The summed E-state index contributed by atoms with van der Waals surface area (Å²) in [5.74, 6) is -0.0406. The largest absolute Gasteiger partial charge is 0.378 e. The Morgan fingerprint density at radius 3 is 2.42 bits per heavy atom. The average molecular weight is 420 g/mol. The molecule has 2 aliphatic rings. The highest BCUT2D eigenvalue weighted by molar-refractivity contribution is 5.94. The lowest BCUT2D eigenvalue weighted by Crippen LogP contribution is -2.40. The average Bonchev–Trinajstić information content (AvgIpc) is 2.84. The molecule has 2 aromatic rings. The van der Waals surface area contributed by atoms with Gasteiger partial charge in [-0.25, -0.2) is 0 Å². The Balaban J connectivity index is 1.27. The van der Waals surface area contributed by atoms with Gasteiger partial charge in [0, 0.05) is 49.5 Å². The van der Waals surface area contributed by atoms with Gasteiger partial charge in [-0.1, -0.05) is 36.4 Å². The summed E-state index contributed by atoms with van der Waals surface area (Å²) in [6, 6.07) is 17.8. The molecule has 6 nitrogen and oxygen atoms in total. The van der Waals surface area contributed by atoms with Crippen molar-refractivity contribution in [3.8, 4) is 0 Å². The Morgan fingerprint density at radius 1 is 0.935 bits per heavy atom. The molecule has 1 N–H and O–H groups in total. The van der Waals surface area contributed by atoms with Crippen molar-refractivity contribution in [3.63, 3.8) is 0 Å². The smallest absolute Gasteiger partial charge is 0.246 e. The molecule has 2 aromatic carbocycles. The fraction of sp³-hybridized carbons (Fsp3) is 0.360. The van der Waals surface area contributed by atoms with E-state index in [1.807, 2.05) is 59.5 Å². The molecule has 0 atom stereocenters. The van der Waals surface area contributed by atoms with Gasteiger partial charge in [-0.15, -0.1) is 0 Å². The second-order valence-electron chi connectivity index (χ2n) is 7.98. The van der Waals surface area contributed by atoms with E-state index in [2.05, 4.69) is 16.3 Å². The topological polar surface area (TPSA) is 61.9 Å². The van der Waals surface area contributed by atoms with Gasteiger partial charge in [-0.3, -0.25) is 9.59 Å². The van der Waals surface area contributed by atoms with Gasteiger partial charge in [0.1, 0.15) is 0 Å². The molecular weight excluding hydrogens is 390 g/mol. The highest BCUT2D eigenvalue weighted by atomic mass is 16.5. The van der Waals surface area contributed by atoms with Gasteiger partial charge < -0.3 is 19.9 Å². The first-order valence-electron chi connectivity index (χ1n) is 10.9. The van der Waals surface area contributed by atoms with Crippen molar-refractivity contribution in [1.29, 1.82) is 0 Å². The van der Waals surface area contributed by atoms with Crippen molar-refractivity contribution in [3.05, 3.63) is 66.2 Å². The lowest BCUT2D eigenvalue weighted by atomic mass is 9.95. The van der Waals surface area contributed by atoms with Gasteiger partial charge >= 0.3 is 0 Å². The van der Waals surface area contributed by atoms with Crippen LogP contribution in [0.1, 0.15) is 18.4 Å². The predicted molar refractivity (Wildman–Crippen MR) is 123 cm³/mol. The Kier molecular flexibility index (Phi) is 6.99. The molecule has 2 aliphatic heterocycles. The molecule has 2 saturated heterocycles. The summed E-state index contributed by atoms with van der Waals surface area (Å²) < 4.78 is 5.41. The van der Waals surface area contributed by atoms with Crippen LogP contribution in [0.2, 0.25) is 0 Å². The SMILES string of the molecule is O=C(Nc1cccc(N2CCOCC2)c1)C1CCN(C(=O)/C=C/c2ccccc2)CC1. The van der Waals surface area contributed by atoms with Gasteiger partial charge in [0.05, 0.1) is 13.2 Å². The van der Waals surface area contributed by atoms with Gasteiger partial charge in [0.15, 0.2) is 0 Å². The zero-order valence-electron chi connectivity index (χ0n) is 17.7. The Morgan fingerprint density at radius 2 is 1.68 bits per heavy atom. The number of ether oxygens (including phenoxy) is 1. The lowest BCUT2D eigenvalue weighted by molar-refractivity contribution is -0.130. The molecule has 4 rings (SSSR count). The molecule has 6 heteroatoms. The summed E-state index contributed by atoms with van der Waals surface area (Å²) in [5, 5.41) is 3.07. The highest BCUT2D eigenvalue weighted by Crippen LogP contribution is 2.23. The minimum atomic E-state index is -0.0748. The molecule has 0 radical (unpaired) electrons. The molecule has 0 spiro atoms. The number of piperidine rings is 1. The molecule has 2 heterocycles. The Bertz CT molecular complexity index is 915. The van der Waals surface area contributed by atoms with Crippen LogP contribution in [0.4, 0.5) is 11.4 Å². The standard InChI is InChI=1S/C25H29N3O3/c29-24(10-9-20-5-2-1-3-6-20)28-13-11-21(12-14-28)25(30)26-22-7-4-8-23(19-22)27-15-17-31-18-16-27/h1-10,19,21H,11-18H2,(H,26,30)/b10-9+. The predicted octanol–water partition coefficient (Wildman–Crippen LogP) is 3.41. The normalized spacial score (nSPS) is 17.7. The molecule has 0 saturated carbocycles. The fourth-order valence-electron chi connectivity index (χ4n) is 4.05. The van der Waals surface area contributed by atoms with E-state index >= 15 is 0 Å². The molecule has 0 bridgehead atoms. The summed E-state index contributed by atoms with van der Waals surface area (Å²) in [7, 11) is 0. The number of hydrogen-bond acceptors (Lipinski definition) is 4. The third-order valence-corrected chi connectivity index (χ3v) is 5.89. The Labute approximate surface area is 183 Å².